The SMILES string of the molecule is O=C(Nc1cccc(C2CC3CN(C(=O)C4CCCC4)CCC3O2)c1)C1CCCC1. The zero-order chi connectivity index (χ0) is 20.5. The third-order valence-electron chi connectivity index (χ3n) is 7.79. The molecular weight excluding hydrogens is 376 g/mol. The average molecular weight is 411 g/mol. The number of carbonyl (C=O) groups excluding carboxylic acids is 2. The van der Waals surface area contributed by atoms with Crippen LogP contribution in [0.1, 0.15) is 75.9 Å². The molecule has 2 heterocycles. The molecule has 2 aliphatic carbocycles. The Labute approximate surface area is 179 Å². The van der Waals surface area contributed by atoms with Gasteiger partial charge in [-0.3, -0.25) is 9.59 Å². The van der Waals surface area contributed by atoms with E-state index in [2.05, 4.69) is 22.3 Å². The fourth-order valence-electron chi connectivity index (χ4n) is 6.05. The lowest BCUT2D eigenvalue weighted by molar-refractivity contribution is -0.138. The average Bonchev–Trinajstić information content (AvgIpc) is 3.54. The molecule has 2 saturated heterocycles. The van der Waals surface area contributed by atoms with Crippen LogP contribution in [0.3, 0.4) is 0 Å². The first-order valence-corrected chi connectivity index (χ1v) is 12.0. The maximum Gasteiger partial charge on any atom is 0.227 e. The highest BCUT2D eigenvalue weighted by Gasteiger charge is 2.41. The second kappa shape index (κ2) is 8.70. The van der Waals surface area contributed by atoms with Crippen LogP contribution in [0.2, 0.25) is 0 Å². The van der Waals surface area contributed by atoms with Crippen molar-refractivity contribution in [1.82, 2.24) is 4.90 Å². The summed E-state index contributed by atoms with van der Waals surface area (Å²) in [4.78, 5) is 27.4. The Morgan fingerprint density at radius 3 is 2.47 bits per heavy atom. The van der Waals surface area contributed by atoms with E-state index in [-0.39, 0.29) is 30.0 Å². The molecule has 5 heteroatoms. The third-order valence-corrected chi connectivity index (χ3v) is 7.79. The second-order valence-corrected chi connectivity index (χ2v) is 9.81. The summed E-state index contributed by atoms with van der Waals surface area (Å²) < 4.78 is 6.41. The highest BCUT2D eigenvalue weighted by Crippen LogP contribution is 2.42. The summed E-state index contributed by atoms with van der Waals surface area (Å²) in [6.07, 6.45) is 11.1. The lowest BCUT2D eigenvalue weighted by atomic mass is 9.90. The van der Waals surface area contributed by atoms with Crippen LogP contribution in [0.5, 0.6) is 0 Å². The van der Waals surface area contributed by atoms with Crippen LogP contribution in [0, 0.1) is 17.8 Å². The monoisotopic (exact) mass is 410 g/mol. The van der Waals surface area contributed by atoms with Crippen LogP contribution < -0.4 is 5.32 Å². The van der Waals surface area contributed by atoms with Gasteiger partial charge >= 0.3 is 0 Å². The van der Waals surface area contributed by atoms with Crippen molar-refractivity contribution in [1.29, 1.82) is 0 Å². The Kier molecular flexibility index (Phi) is 5.81. The van der Waals surface area contributed by atoms with Gasteiger partial charge in [-0.2, -0.15) is 0 Å². The van der Waals surface area contributed by atoms with Crippen LogP contribution in [-0.2, 0) is 14.3 Å². The summed E-state index contributed by atoms with van der Waals surface area (Å²) in [5, 5.41) is 3.12. The lowest BCUT2D eigenvalue weighted by Crippen LogP contribution is -2.46. The molecule has 5 nitrogen and oxygen atoms in total. The van der Waals surface area contributed by atoms with Gasteiger partial charge in [-0.15, -0.1) is 0 Å². The van der Waals surface area contributed by atoms with Crippen molar-refractivity contribution in [2.45, 2.75) is 76.4 Å². The number of likely N-dealkylation sites (tertiary alicyclic amines) is 1. The van der Waals surface area contributed by atoms with Gasteiger partial charge in [0.15, 0.2) is 0 Å². The van der Waals surface area contributed by atoms with E-state index in [0.29, 0.717) is 11.8 Å². The van der Waals surface area contributed by atoms with Gasteiger partial charge in [-0.25, -0.2) is 0 Å². The van der Waals surface area contributed by atoms with Gasteiger partial charge in [-0.05, 0) is 56.2 Å². The third kappa shape index (κ3) is 4.14. The number of hydrogen-bond acceptors (Lipinski definition) is 3. The van der Waals surface area contributed by atoms with Crippen molar-refractivity contribution in [3.8, 4) is 0 Å². The van der Waals surface area contributed by atoms with Gasteiger partial charge in [0.25, 0.3) is 0 Å². The fraction of sp³-hybridized carbons (Fsp3) is 0.680. The first-order valence-electron chi connectivity index (χ1n) is 12.0. The minimum absolute atomic E-state index is 0.0601. The number of nitrogens with one attached hydrogen (secondary N) is 1. The zero-order valence-electron chi connectivity index (χ0n) is 17.9. The number of fused-ring (bicyclic) bond motifs is 1. The molecule has 2 saturated carbocycles. The first kappa shape index (κ1) is 20.0. The van der Waals surface area contributed by atoms with E-state index in [0.717, 1.165) is 75.7 Å². The highest BCUT2D eigenvalue weighted by atomic mass is 16.5. The minimum Gasteiger partial charge on any atom is -0.370 e. The van der Waals surface area contributed by atoms with Crippen molar-refractivity contribution < 1.29 is 14.3 Å². The Bertz CT molecular complexity index is 782. The van der Waals surface area contributed by atoms with Crippen LogP contribution in [0.25, 0.3) is 0 Å². The molecule has 4 aliphatic rings. The van der Waals surface area contributed by atoms with Crippen molar-refractivity contribution >= 4 is 17.5 Å². The van der Waals surface area contributed by atoms with E-state index in [1.807, 2.05) is 12.1 Å². The lowest BCUT2D eigenvalue weighted by Gasteiger charge is -2.35. The largest absolute Gasteiger partial charge is 0.370 e. The predicted molar refractivity (Wildman–Crippen MR) is 116 cm³/mol. The molecule has 0 bridgehead atoms. The molecule has 2 amide bonds. The van der Waals surface area contributed by atoms with Gasteiger partial charge < -0.3 is 15.0 Å². The topological polar surface area (TPSA) is 58.6 Å². The van der Waals surface area contributed by atoms with Gasteiger partial charge in [0.1, 0.15) is 0 Å². The van der Waals surface area contributed by atoms with Crippen molar-refractivity contribution in [2.24, 2.45) is 17.8 Å². The maximum absolute atomic E-state index is 12.8. The Morgan fingerprint density at radius 2 is 1.70 bits per heavy atom. The molecule has 3 atom stereocenters. The van der Waals surface area contributed by atoms with Crippen molar-refractivity contribution in [3.05, 3.63) is 29.8 Å². The van der Waals surface area contributed by atoms with E-state index < -0.39 is 0 Å². The summed E-state index contributed by atoms with van der Waals surface area (Å²) in [5.41, 5.74) is 2.02. The summed E-state index contributed by atoms with van der Waals surface area (Å²) in [5.74, 6) is 1.39. The van der Waals surface area contributed by atoms with Crippen LogP contribution in [-0.4, -0.2) is 35.9 Å². The molecule has 4 fully saturated rings. The molecule has 30 heavy (non-hydrogen) atoms. The van der Waals surface area contributed by atoms with E-state index in [9.17, 15) is 9.59 Å². The minimum atomic E-state index is 0.0601. The molecule has 2 aliphatic heterocycles. The van der Waals surface area contributed by atoms with Crippen molar-refractivity contribution in [2.75, 3.05) is 18.4 Å². The van der Waals surface area contributed by atoms with Crippen LogP contribution in [0.15, 0.2) is 24.3 Å². The molecule has 3 unspecified atom stereocenters. The number of hydrogen-bond donors (Lipinski definition) is 1. The molecule has 0 aromatic heterocycles. The molecule has 1 aromatic rings. The quantitative estimate of drug-likeness (QED) is 0.784. The molecule has 1 N–H and O–H groups in total. The van der Waals surface area contributed by atoms with E-state index in [4.69, 9.17) is 4.74 Å². The Hall–Kier alpha value is -1.88. The smallest absolute Gasteiger partial charge is 0.227 e. The number of rotatable bonds is 4. The maximum atomic E-state index is 12.8. The number of carbonyl (C=O) groups is 2. The fourth-order valence-corrected chi connectivity index (χ4v) is 6.05. The van der Waals surface area contributed by atoms with Crippen LogP contribution >= 0.6 is 0 Å². The number of anilines is 1. The highest BCUT2D eigenvalue weighted by molar-refractivity contribution is 5.92. The number of piperidine rings is 1. The van der Waals surface area contributed by atoms with Gasteiger partial charge in [-0.1, -0.05) is 37.8 Å². The van der Waals surface area contributed by atoms with Gasteiger partial charge in [0.05, 0.1) is 12.2 Å². The first-order chi connectivity index (χ1) is 14.7. The van der Waals surface area contributed by atoms with E-state index in [1.54, 1.807) is 0 Å². The van der Waals surface area contributed by atoms with Crippen molar-refractivity contribution in [3.63, 3.8) is 0 Å². The summed E-state index contributed by atoms with van der Waals surface area (Å²) in [6.45, 7) is 1.68. The number of benzene rings is 1. The zero-order valence-corrected chi connectivity index (χ0v) is 17.9. The number of amides is 2. The van der Waals surface area contributed by atoms with E-state index >= 15 is 0 Å². The normalized spacial score (nSPS) is 29.9. The van der Waals surface area contributed by atoms with Gasteiger partial charge in [0.2, 0.25) is 11.8 Å². The standard InChI is InChI=1S/C25H34N2O3/c28-24(17-6-1-2-7-17)26-21-11-5-10-19(14-21)23-15-20-16-27(13-12-22(20)30-23)25(29)18-8-3-4-9-18/h5,10-11,14,17-18,20,22-23H,1-4,6-9,12-13,15-16H2,(H,26,28). The van der Waals surface area contributed by atoms with Crippen LogP contribution in [0.4, 0.5) is 5.69 Å². The summed E-state index contributed by atoms with van der Waals surface area (Å²) in [6, 6.07) is 8.17. The molecule has 0 spiro atoms. The molecular formula is C25H34N2O3. The molecule has 5 rings (SSSR count). The molecule has 1 aromatic carbocycles. The summed E-state index contributed by atoms with van der Waals surface area (Å²) >= 11 is 0. The number of ether oxygens (including phenoxy) is 1. The Balaban J connectivity index is 1.20. The summed E-state index contributed by atoms with van der Waals surface area (Å²) in [7, 11) is 0. The molecule has 162 valence electrons. The molecule has 0 radical (unpaired) electrons. The number of nitrogens with zero attached hydrogens (tertiary/aromatic N) is 1. The van der Waals surface area contributed by atoms with Gasteiger partial charge in [0, 0.05) is 36.5 Å². The van der Waals surface area contributed by atoms with E-state index in [1.165, 1.54) is 12.8 Å². The predicted octanol–water partition coefficient (Wildman–Crippen LogP) is 4.68. The second-order valence-electron chi connectivity index (χ2n) is 9.81. The Morgan fingerprint density at radius 1 is 0.967 bits per heavy atom.